The van der Waals surface area contributed by atoms with Gasteiger partial charge in [0, 0.05) is 12.1 Å². The number of hydrogen-bond donors (Lipinski definition) is 1. The molecule has 1 aliphatic rings. The van der Waals surface area contributed by atoms with Crippen LogP contribution in [0.25, 0.3) is 5.57 Å². The molecule has 1 heterocycles. The number of nitrogens with zero attached hydrogens (tertiary/aromatic N) is 2. The van der Waals surface area contributed by atoms with E-state index in [0.717, 1.165) is 10.5 Å². The molecule has 32 heavy (non-hydrogen) atoms. The van der Waals surface area contributed by atoms with Gasteiger partial charge < -0.3 is 14.8 Å². The number of hydrogen-bond acceptors (Lipinski definition) is 7. The van der Waals surface area contributed by atoms with E-state index >= 15 is 0 Å². The summed E-state index contributed by atoms with van der Waals surface area (Å²) in [5, 5.41) is 14.1. The predicted molar refractivity (Wildman–Crippen MR) is 119 cm³/mol. The van der Waals surface area contributed by atoms with Crippen LogP contribution in [0.2, 0.25) is 0 Å². The first kappa shape index (κ1) is 23.0. The average Bonchev–Trinajstić information content (AvgIpc) is 2.98. The number of non-ortho nitro benzene ring substituents is 1. The van der Waals surface area contributed by atoms with Gasteiger partial charge in [0.1, 0.15) is 11.4 Å². The van der Waals surface area contributed by atoms with Crippen LogP contribution in [0.3, 0.4) is 0 Å². The van der Waals surface area contributed by atoms with Crippen molar-refractivity contribution in [3.8, 4) is 5.75 Å². The van der Waals surface area contributed by atoms with E-state index in [1.165, 1.54) is 31.4 Å². The molecule has 0 unspecified atom stereocenters. The topological polar surface area (TPSA) is 111 Å². The minimum absolute atomic E-state index is 0.0425. The van der Waals surface area contributed by atoms with Crippen LogP contribution in [-0.4, -0.2) is 48.0 Å². The molecule has 168 valence electrons. The second-order valence-corrected chi connectivity index (χ2v) is 7.56. The largest absolute Gasteiger partial charge is 0.495 e. The van der Waals surface area contributed by atoms with Crippen LogP contribution >= 0.6 is 0 Å². The van der Waals surface area contributed by atoms with E-state index in [1.807, 2.05) is 32.9 Å². The number of nitro benzene ring substituents is 1. The molecule has 0 radical (unpaired) electrons. The summed E-state index contributed by atoms with van der Waals surface area (Å²) in [5.74, 6) is -0.488. The van der Waals surface area contributed by atoms with Crippen LogP contribution in [0.5, 0.6) is 5.75 Å². The smallest absolute Gasteiger partial charge is 0.278 e. The number of carbonyl (C=O) groups excluding carboxylic acids is 2. The first-order chi connectivity index (χ1) is 15.2. The number of nitrogens with one attached hydrogen (secondary N) is 1. The molecule has 0 spiro atoms. The van der Waals surface area contributed by atoms with Gasteiger partial charge in [0.05, 0.1) is 42.5 Å². The number of imide groups is 1. The second kappa shape index (κ2) is 9.61. The fraction of sp³-hybridized carbons (Fsp3) is 0.304. The third-order valence-corrected chi connectivity index (χ3v) is 4.92. The molecule has 2 aromatic rings. The summed E-state index contributed by atoms with van der Waals surface area (Å²) in [4.78, 5) is 38.0. The van der Waals surface area contributed by atoms with E-state index in [1.54, 1.807) is 6.07 Å². The number of ether oxygens (including phenoxy) is 2. The number of carbonyl (C=O) groups is 2. The molecule has 0 aliphatic carbocycles. The van der Waals surface area contributed by atoms with Gasteiger partial charge in [-0.15, -0.1) is 0 Å². The first-order valence-electron chi connectivity index (χ1n) is 10.1. The standard InChI is InChI=1S/C23H25N3O6/c1-14(2)32-12-11-25-22(27)20(16-6-8-17(9-7-16)26(29)30)21(23(25)28)24-18-13-15(3)5-10-19(18)31-4/h5-10,13-14,24H,11-12H2,1-4H3. The van der Waals surface area contributed by atoms with Crippen molar-refractivity contribution in [2.75, 3.05) is 25.6 Å². The predicted octanol–water partition coefficient (Wildman–Crippen LogP) is 3.53. The highest BCUT2D eigenvalue weighted by molar-refractivity contribution is 6.36. The number of aryl methyl sites for hydroxylation is 1. The number of methoxy groups -OCH3 is 1. The lowest BCUT2D eigenvalue weighted by Crippen LogP contribution is -2.35. The zero-order valence-corrected chi connectivity index (χ0v) is 18.4. The van der Waals surface area contributed by atoms with Gasteiger partial charge in [-0.25, -0.2) is 0 Å². The number of benzene rings is 2. The fourth-order valence-electron chi connectivity index (χ4n) is 3.35. The maximum absolute atomic E-state index is 13.2. The molecule has 0 atom stereocenters. The summed E-state index contributed by atoms with van der Waals surface area (Å²) in [7, 11) is 1.51. The summed E-state index contributed by atoms with van der Waals surface area (Å²) in [6.45, 7) is 5.91. The van der Waals surface area contributed by atoms with E-state index in [9.17, 15) is 19.7 Å². The fourth-order valence-corrected chi connectivity index (χ4v) is 3.35. The van der Waals surface area contributed by atoms with Gasteiger partial charge in [0.15, 0.2) is 0 Å². The minimum Gasteiger partial charge on any atom is -0.495 e. The molecule has 1 N–H and O–H groups in total. The van der Waals surface area contributed by atoms with Gasteiger partial charge in [0.25, 0.3) is 17.5 Å². The number of anilines is 1. The van der Waals surface area contributed by atoms with Crippen LogP contribution in [-0.2, 0) is 14.3 Å². The van der Waals surface area contributed by atoms with Crippen molar-refractivity contribution in [1.82, 2.24) is 4.90 Å². The lowest BCUT2D eigenvalue weighted by molar-refractivity contribution is -0.384. The van der Waals surface area contributed by atoms with Gasteiger partial charge in [-0.2, -0.15) is 0 Å². The molecule has 0 bridgehead atoms. The molecule has 0 aromatic heterocycles. The van der Waals surface area contributed by atoms with Gasteiger partial charge in [0.2, 0.25) is 0 Å². The zero-order chi connectivity index (χ0) is 23.4. The van der Waals surface area contributed by atoms with Crippen LogP contribution in [0.1, 0.15) is 25.0 Å². The number of nitro groups is 1. The SMILES string of the molecule is COc1ccc(C)cc1NC1=C(c2ccc([N+](=O)[O-])cc2)C(=O)N(CCOC(C)C)C1=O. The highest BCUT2D eigenvalue weighted by Crippen LogP contribution is 2.34. The Morgan fingerprint density at radius 2 is 1.78 bits per heavy atom. The molecular weight excluding hydrogens is 414 g/mol. The van der Waals surface area contributed by atoms with Crippen molar-refractivity contribution >= 4 is 28.8 Å². The second-order valence-electron chi connectivity index (χ2n) is 7.56. The molecule has 0 saturated carbocycles. The lowest BCUT2D eigenvalue weighted by atomic mass is 10.0. The third-order valence-electron chi connectivity index (χ3n) is 4.92. The van der Waals surface area contributed by atoms with E-state index < -0.39 is 16.7 Å². The zero-order valence-electron chi connectivity index (χ0n) is 18.4. The average molecular weight is 439 g/mol. The molecule has 9 nitrogen and oxygen atoms in total. The van der Waals surface area contributed by atoms with E-state index in [2.05, 4.69) is 5.32 Å². The van der Waals surface area contributed by atoms with Crippen molar-refractivity contribution in [2.24, 2.45) is 0 Å². The van der Waals surface area contributed by atoms with Crippen LogP contribution < -0.4 is 10.1 Å². The summed E-state index contributed by atoms with van der Waals surface area (Å²) in [5.41, 5.74) is 1.97. The van der Waals surface area contributed by atoms with Gasteiger partial charge in [-0.3, -0.25) is 24.6 Å². The minimum atomic E-state index is -0.522. The Kier molecular flexibility index (Phi) is 6.89. The molecule has 9 heteroatoms. The summed E-state index contributed by atoms with van der Waals surface area (Å²) in [6.07, 6.45) is -0.0425. The van der Waals surface area contributed by atoms with Gasteiger partial charge in [-0.1, -0.05) is 6.07 Å². The normalized spacial score (nSPS) is 13.8. The Labute approximate surface area is 185 Å². The lowest BCUT2D eigenvalue weighted by Gasteiger charge is -2.17. The van der Waals surface area contributed by atoms with Crippen molar-refractivity contribution in [2.45, 2.75) is 26.9 Å². The summed E-state index contributed by atoms with van der Waals surface area (Å²) in [6, 6.07) is 11.0. The Bertz CT molecular complexity index is 1080. The summed E-state index contributed by atoms with van der Waals surface area (Å²) < 4.78 is 10.9. The van der Waals surface area contributed by atoms with E-state index in [4.69, 9.17) is 9.47 Å². The molecular formula is C23H25N3O6. The van der Waals surface area contributed by atoms with Crippen LogP contribution in [0.4, 0.5) is 11.4 Å². The maximum Gasteiger partial charge on any atom is 0.278 e. The molecule has 0 saturated heterocycles. The molecule has 3 rings (SSSR count). The molecule has 0 fully saturated rings. The summed E-state index contributed by atoms with van der Waals surface area (Å²) >= 11 is 0. The molecule has 2 amide bonds. The Balaban J connectivity index is 2.03. The van der Waals surface area contributed by atoms with Crippen LogP contribution in [0.15, 0.2) is 48.2 Å². The van der Waals surface area contributed by atoms with E-state index in [-0.39, 0.29) is 36.2 Å². The monoisotopic (exact) mass is 439 g/mol. The van der Waals surface area contributed by atoms with Crippen molar-refractivity contribution in [3.05, 3.63) is 69.4 Å². The molecule has 1 aliphatic heterocycles. The van der Waals surface area contributed by atoms with E-state index in [0.29, 0.717) is 17.0 Å². The van der Waals surface area contributed by atoms with Gasteiger partial charge >= 0.3 is 0 Å². The van der Waals surface area contributed by atoms with Crippen molar-refractivity contribution < 1.29 is 24.0 Å². The first-order valence-corrected chi connectivity index (χ1v) is 10.1. The maximum atomic E-state index is 13.2. The quantitative estimate of drug-likeness (QED) is 0.361. The Hall–Kier alpha value is -3.72. The molecule has 2 aromatic carbocycles. The number of rotatable bonds is 9. The number of amides is 2. The highest BCUT2D eigenvalue weighted by atomic mass is 16.6. The third kappa shape index (κ3) is 4.78. The van der Waals surface area contributed by atoms with Gasteiger partial charge in [-0.05, 0) is 56.2 Å². The Morgan fingerprint density at radius 3 is 2.38 bits per heavy atom. The highest BCUT2D eigenvalue weighted by Gasteiger charge is 2.39. The Morgan fingerprint density at radius 1 is 1.09 bits per heavy atom. The van der Waals surface area contributed by atoms with Crippen molar-refractivity contribution in [1.29, 1.82) is 0 Å². The van der Waals surface area contributed by atoms with Crippen molar-refractivity contribution in [3.63, 3.8) is 0 Å². The van der Waals surface area contributed by atoms with Crippen LogP contribution in [0, 0.1) is 17.0 Å².